The molecule has 1 N–H and O–H groups in total. The molecule has 0 aliphatic carbocycles. The lowest BCUT2D eigenvalue weighted by Crippen LogP contribution is -2.38. The number of anilines is 2. The number of rotatable bonds is 7. The third kappa shape index (κ3) is 5.56. The molecule has 0 saturated carbocycles. The molecule has 6 heteroatoms. The maximum absolute atomic E-state index is 13.5. The molecule has 0 saturated heterocycles. The van der Waals surface area contributed by atoms with Crippen molar-refractivity contribution in [2.24, 2.45) is 0 Å². The van der Waals surface area contributed by atoms with Crippen molar-refractivity contribution in [2.45, 2.75) is 45.4 Å². The second-order valence-electron chi connectivity index (χ2n) is 8.50. The van der Waals surface area contributed by atoms with Crippen molar-refractivity contribution in [3.63, 3.8) is 0 Å². The van der Waals surface area contributed by atoms with E-state index in [1.54, 1.807) is 36.4 Å². The second kappa shape index (κ2) is 9.57. The normalized spacial score (nSPS) is 11.4. The number of amides is 1. The summed E-state index contributed by atoms with van der Waals surface area (Å²) in [5.41, 5.74) is 5.20. The van der Waals surface area contributed by atoms with Crippen molar-refractivity contribution in [1.29, 1.82) is 0 Å². The molecule has 0 unspecified atom stereocenters. The van der Waals surface area contributed by atoms with Crippen molar-refractivity contribution >= 4 is 27.3 Å². The second-order valence-corrected chi connectivity index (χ2v) is 10.4. The fraction of sp³-hybridized carbons (Fsp3) is 0.269. The van der Waals surface area contributed by atoms with Crippen LogP contribution in [0, 0.1) is 20.8 Å². The van der Waals surface area contributed by atoms with Gasteiger partial charge in [-0.2, -0.15) is 0 Å². The molecule has 3 aromatic rings. The zero-order chi connectivity index (χ0) is 23.5. The smallest absolute Gasteiger partial charge is 0.264 e. The highest BCUT2D eigenvalue weighted by atomic mass is 32.2. The van der Waals surface area contributed by atoms with Crippen LogP contribution in [0.3, 0.4) is 0 Å². The van der Waals surface area contributed by atoms with Gasteiger partial charge in [-0.15, -0.1) is 0 Å². The molecule has 168 valence electrons. The number of carbonyl (C=O) groups excluding carboxylic acids is 1. The number of benzene rings is 3. The Morgan fingerprint density at radius 1 is 0.844 bits per heavy atom. The monoisotopic (exact) mass is 450 g/mol. The lowest BCUT2D eigenvalue weighted by atomic mass is 10.0. The Morgan fingerprint density at radius 3 is 1.94 bits per heavy atom. The summed E-state index contributed by atoms with van der Waals surface area (Å²) in [5, 5.41) is 2.84. The fourth-order valence-corrected chi connectivity index (χ4v) is 4.98. The van der Waals surface area contributed by atoms with E-state index < -0.39 is 15.9 Å². The average Bonchev–Trinajstić information content (AvgIpc) is 2.71. The van der Waals surface area contributed by atoms with Crippen molar-refractivity contribution < 1.29 is 13.2 Å². The van der Waals surface area contributed by atoms with Gasteiger partial charge in [0.25, 0.3) is 10.0 Å². The van der Waals surface area contributed by atoms with Gasteiger partial charge in [-0.1, -0.05) is 49.7 Å². The lowest BCUT2D eigenvalue weighted by Gasteiger charge is -2.24. The van der Waals surface area contributed by atoms with Crippen LogP contribution in [-0.4, -0.2) is 20.9 Å². The summed E-state index contributed by atoms with van der Waals surface area (Å²) in [6.07, 6.45) is 0. The quantitative estimate of drug-likeness (QED) is 0.512. The SMILES string of the molecule is Cc1ccc(S(=O)(=O)N(CC(=O)Nc2cc(C)cc(C)c2)c2ccc(C(C)C)cc2)cc1. The number of nitrogens with zero attached hydrogens (tertiary/aromatic N) is 1. The summed E-state index contributed by atoms with van der Waals surface area (Å²) in [4.78, 5) is 13.1. The minimum atomic E-state index is -3.94. The number of carbonyl (C=O) groups is 1. The van der Waals surface area contributed by atoms with Crippen molar-refractivity contribution in [1.82, 2.24) is 0 Å². The van der Waals surface area contributed by atoms with Gasteiger partial charge in [-0.25, -0.2) is 8.42 Å². The summed E-state index contributed by atoms with van der Waals surface area (Å²) in [6, 6.07) is 19.7. The van der Waals surface area contributed by atoms with Gasteiger partial charge < -0.3 is 5.32 Å². The molecule has 3 aromatic carbocycles. The summed E-state index contributed by atoms with van der Waals surface area (Å²) in [6.45, 7) is 9.63. The van der Waals surface area contributed by atoms with E-state index in [1.165, 1.54) is 4.31 Å². The number of nitrogens with one attached hydrogen (secondary N) is 1. The van der Waals surface area contributed by atoms with Crippen LogP contribution in [-0.2, 0) is 14.8 Å². The number of aryl methyl sites for hydroxylation is 3. The first-order valence-corrected chi connectivity index (χ1v) is 12.1. The van der Waals surface area contributed by atoms with Crippen LogP contribution in [0.1, 0.15) is 42.0 Å². The molecular weight excluding hydrogens is 420 g/mol. The molecule has 0 bridgehead atoms. The van der Waals surface area contributed by atoms with E-state index in [4.69, 9.17) is 0 Å². The van der Waals surface area contributed by atoms with Gasteiger partial charge in [0.15, 0.2) is 0 Å². The molecule has 0 aromatic heterocycles. The molecule has 32 heavy (non-hydrogen) atoms. The van der Waals surface area contributed by atoms with E-state index in [9.17, 15) is 13.2 Å². The molecule has 0 radical (unpaired) electrons. The number of hydrogen-bond donors (Lipinski definition) is 1. The van der Waals surface area contributed by atoms with Gasteiger partial charge in [0.1, 0.15) is 6.54 Å². The van der Waals surface area contributed by atoms with Gasteiger partial charge in [0.2, 0.25) is 5.91 Å². The summed E-state index contributed by atoms with van der Waals surface area (Å²) >= 11 is 0. The maximum atomic E-state index is 13.5. The topological polar surface area (TPSA) is 66.5 Å². The Morgan fingerprint density at radius 2 is 1.41 bits per heavy atom. The van der Waals surface area contributed by atoms with Crippen molar-refractivity contribution in [2.75, 3.05) is 16.2 Å². The van der Waals surface area contributed by atoms with Crippen LogP contribution >= 0.6 is 0 Å². The maximum Gasteiger partial charge on any atom is 0.264 e. The van der Waals surface area contributed by atoms with Crippen LogP contribution in [0.15, 0.2) is 71.6 Å². The van der Waals surface area contributed by atoms with Crippen LogP contribution in [0.25, 0.3) is 0 Å². The van der Waals surface area contributed by atoms with Crippen LogP contribution in [0.5, 0.6) is 0 Å². The van der Waals surface area contributed by atoms with Crippen LogP contribution in [0.4, 0.5) is 11.4 Å². The van der Waals surface area contributed by atoms with E-state index in [0.717, 1.165) is 22.3 Å². The Balaban J connectivity index is 1.96. The van der Waals surface area contributed by atoms with E-state index >= 15 is 0 Å². The van der Waals surface area contributed by atoms with Gasteiger partial charge in [0, 0.05) is 5.69 Å². The minimum Gasteiger partial charge on any atom is -0.324 e. The number of hydrogen-bond acceptors (Lipinski definition) is 3. The molecule has 3 rings (SSSR count). The van der Waals surface area contributed by atoms with E-state index in [-0.39, 0.29) is 11.4 Å². The standard InChI is InChI=1S/C26H30N2O3S/c1-18(2)22-8-10-24(11-9-22)28(32(30,31)25-12-6-19(3)7-13-25)17-26(29)27-23-15-20(4)14-21(5)16-23/h6-16,18H,17H2,1-5H3,(H,27,29). The highest BCUT2D eigenvalue weighted by molar-refractivity contribution is 7.92. The Hall–Kier alpha value is -3.12. The first-order chi connectivity index (χ1) is 15.1. The fourth-order valence-electron chi connectivity index (χ4n) is 3.56. The van der Waals surface area contributed by atoms with E-state index in [2.05, 4.69) is 19.2 Å². The molecule has 0 atom stereocenters. The van der Waals surface area contributed by atoms with Gasteiger partial charge in [-0.3, -0.25) is 9.10 Å². The average molecular weight is 451 g/mol. The third-order valence-electron chi connectivity index (χ3n) is 5.25. The summed E-state index contributed by atoms with van der Waals surface area (Å²) < 4.78 is 28.2. The molecule has 0 aliphatic rings. The first-order valence-electron chi connectivity index (χ1n) is 10.6. The largest absolute Gasteiger partial charge is 0.324 e. The van der Waals surface area contributed by atoms with Crippen molar-refractivity contribution in [3.05, 3.63) is 89.0 Å². The third-order valence-corrected chi connectivity index (χ3v) is 7.04. The summed E-state index contributed by atoms with van der Waals surface area (Å²) in [7, 11) is -3.94. The highest BCUT2D eigenvalue weighted by Crippen LogP contribution is 2.26. The van der Waals surface area contributed by atoms with Crippen molar-refractivity contribution in [3.8, 4) is 0 Å². The molecule has 0 heterocycles. The van der Waals surface area contributed by atoms with Crippen LogP contribution < -0.4 is 9.62 Å². The zero-order valence-electron chi connectivity index (χ0n) is 19.2. The predicted molar refractivity (Wildman–Crippen MR) is 131 cm³/mol. The van der Waals surface area contributed by atoms with Gasteiger partial charge in [0.05, 0.1) is 10.6 Å². The van der Waals surface area contributed by atoms with E-state index in [1.807, 2.05) is 51.1 Å². The molecule has 0 spiro atoms. The Kier molecular flexibility index (Phi) is 7.04. The summed E-state index contributed by atoms with van der Waals surface area (Å²) in [5.74, 6) is -0.0855. The molecule has 0 fully saturated rings. The number of sulfonamides is 1. The molecular formula is C26H30N2O3S. The Bertz CT molecular complexity index is 1180. The molecule has 0 aliphatic heterocycles. The molecule has 1 amide bonds. The van der Waals surface area contributed by atoms with Crippen LogP contribution in [0.2, 0.25) is 0 Å². The first kappa shape index (κ1) is 23.5. The predicted octanol–water partition coefficient (Wildman–Crippen LogP) is 5.57. The minimum absolute atomic E-state index is 0.148. The van der Waals surface area contributed by atoms with Gasteiger partial charge in [-0.05, 0) is 79.8 Å². The zero-order valence-corrected chi connectivity index (χ0v) is 20.0. The van der Waals surface area contributed by atoms with E-state index in [0.29, 0.717) is 17.3 Å². The molecule has 5 nitrogen and oxygen atoms in total. The lowest BCUT2D eigenvalue weighted by molar-refractivity contribution is -0.114. The highest BCUT2D eigenvalue weighted by Gasteiger charge is 2.27. The van der Waals surface area contributed by atoms with Gasteiger partial charge >= 0.3 is 0 Å². The Labute approximate surface area is 191 Å².